The van der Waals surface area contributed by atoms with Crippen LogP contribution < -0.4 is 0 Å². The van der Waals surface area contributed by atoms with Crippen LogP contribution in [-0.2, 0) is 11.2 Å². The summed E-state index contributed by atoms with van der Waals surface area (Å²) in [6.45, 7) is 6.23. The first kappa shape index (κ1) is 15.5. The van der Waals surface area contributed by atoms with Gasteiger partial charge in [-0.3, -0.25) is 14.7 Å². The van der Waals surface area contributed by atoms with Crippen LogP contribution in [0.25, 0.3) is 0 Å². The molecule has 0 N–H and O–H groups in total. The Kier molecular flexibility index (Phi) is 5.17. The molecule has 2 rings (SSSR count). The van der Waals surface area contributed by atoms with Crippen molar-refractivity contribution in [2.24, 2.45) is 0 Å². The van der Waals surface area contributed by atoms with Crippen LogP contribution in [0.1, 0.15) is 45.1 Å². The minimum atomic E-state index is -0.368. The summed E-state index contributed by atoms with van der Waals surface area (Å²) in [6.07, 6.45) is 8.20. The van der Waals surface area contributed by atoms with E-state index in [4.69, 9.17) is 11.6 Å². The van der Waals surface area contributed by atoms with E-state index in [0.29, 0.717) is 11.4 Å². The Morgan fingerprint density at radius 2 is 2.10 bits per heavy atom. The van der Waals surface area contributed by atoms with Gasteiger partial charge in [0.15, 0.2) is 5.78 Å². The highest BCUT2D eigenvalue weighted by Crippen LogP contribution is 2.27. The van der Waals surface area contributed by atoms with Crippen LogP contribution in [0.5, 0.6) is 0 Å². The predicted molar refractivity (Wildman–Crippen MR) is 82.1 cm³/mol. The minimum Gasteiger partial charge on any atom is -0.297 e. The fourth-order valence-corrected chi connectivity index (χ4v) is 3.08. The molecular weight excluding hydrogens is 272 g/mol. The Bertz CT molecular complexity index is 471. The fraction of sp³-hybridized carbons (Fsp3) is 0.625. The van der Waals surface area contributed by atoms with Gasteiger partial charge in [-0.2, -0.15) is 0 Å². The van der Waals surface area contributed by atoms with Crippen molar-refractivity contribution in [1.29, 1.82) is 0 Å². The number of likely N-dealkylation sites (tertiary alicyclic amines) is 1. The second kappa shape index (κ2) is 6.68. The molecule has 1 saturated heterocycles. The first-order chi connectivity index (χ1) is 9.58. The number of nitrogens with zero attached hydrogens (tertiary/aromatic N) is 2. The second-order valence-corrected chi connectivity index (χ2v) is 6.15. The van der Waals surface area contributed by atoms with Crippen molar-refractivity contribution in [3.05, 3.63) is 29.0 Å². The van der Waals surface area contributed by atoms with Crippen LogP contribution in [-0.4, -0.2) is 34.3 Å². The highest BCUT2D eigenvalue weighted by Gasteiger charge is 2.37. The summed E-state index contributed by atoms with van der Waals surface area (Å²) >= 11 is 6.12. The SMILES string of the molecule is CCC(C)(C(=O)Cc1ccncc1Cl)N1CCCCC1. The van der Waals surface area contributed by atoms with E-state index in [0.717, 1.165) is 25.1 Å². The molecule has 1 aromatic rings. The third kappa shape index (κ3) is 3.21. The quantitative estimate of drug-likeness (QED) is 0.833. The van der Waals surface area contributed by atoms with Crippen molar-refractivity contribution < 1.29 is 4.79 Å². The lowest BCUT2D eigenvalue weighted by Crippen LogP contribution is -2.54. The number of Topliss-reactive ketones (excluding diaryl/α,β-unsaturated/α-hetero) is 1. The molecule has 0 bridgehead atoms. The van der Waals surface area contributed by atoms with Gasteiger partial charge in [-0.25, -0.2) is 0 Å². The Balaban J connectivity index is 2.14. The molecule has 0 amide bonds. The summed E-state index contributed by atoms with van der Waals surface area (Å²) in [4.78, 5) is 19.1. The Morgan fingerprint density at radius 3 is 2.70 bits per heavy atom. The van der Waals surface area contributed by atoms with Gasteiger partial charge < -0.3 is 0 Å². The number of piperidine rings is 1. The molecule has 20 heavy (non-hydrogen) atoms. The molecule has 1 unspecified atom stereocenters. The van der Waals surface area contributed by atoms with E-state index in [1.54, 1.807) is 12.4 Å². The Labute approximate surface area is 126 Å². The molecule has 0 aromatic carbocycles. The number of pyridine rings is 1. The van der Waals surface area contributed by atoms with E-state index in [1.165, 1.54) is 19.3 Å². The Hall–Kier alpha value is -0.930. The van der Waals surface area contributed by atoms with Gasteiger partial charge in [-0.05, 0) is 50.9 Å². The molecule has 1 aromatic heterocycles. The van der Waals surface area contributed by atoms with Crippen molar-refractivity contribution >= 4 is 17.4 Å². The number of hydrogen-bond donors (Lipinski definition) is 0. The van der Waals surface area contributed by atoms with E-state index < -0.39 is 0 Å². The monoisotopic (exact) mass is 294 g/mol. The molecule has 0 spiro atoms. The van der Waals surface area contributed by atoms with Gasteiger partial charge in [0.25, 0.3) is 0 Å². The third-order valence-electron chi connectivity index (χ3n) is 4.55. The average molecular weight is 295 g/mol. The first-order valence-electron chi connectivity index (χ1n) is 7.44. The van der Waals surface area contributed by atoms with E-state index in [2.05, 4.69) is 23.7 Å². The number of hydrogen-bond acceptors (Lipinski definition) is 3. The number of carbonyl (C=O) groups excluding carboxylic acids is 1. The van der Waals surface area contributed by atoms with Crippen LogP contribution in [0.4, 0.5) is 0 Å². The van der Waals surface area contributed by atoms with Crippen LogP contribution in [0.3, 0.4) is 0 Å². The number of aromatic nitrogens is 1. The van der Waals surface area contributed by atoms with E-state index in [9.17, 15) is 4.79 Å². The fourth-order valence-electron chi connectivity index (χ4n) is 2.90. The largest absolute Gasteiger partial charge is 0.297 e. The van der Waals surface area contributed by atoms with Crippen molar-refractivity contribution in [1.82, 2.24) is 9.88 Å². The molecule has 1 atom stereocenters. The number of ketones is 1. The van der Waals surface area contributed by atoms with Gasteiger partial charge >= 0.3 is 0 Å². The maximum Gasteiger partial charge on any atom is 0.157 e. The molecule has 1 aliphatic rings. The van der Waals surface area contributed by atoms with Gasteiger partial charge in [0.05, 0.1) is 10.6 Å². The van der Waals surface area contributed by atoms with Crippen LogP contribution in [0, 0.1) is 0 Å². The average Bonchev–Trinajstić information content (AvgIpc) is 2.49. The van der Waals surface area contributed by atoms with Gasteiger partial charge in [0.2, 0.25) is 0 Å². The molecule has 2 heterocycles. The van der Waals surface area contributed by atoms with Crippen LogP contribution in [0.15, 0.2) is 18.5 Å². The molecule has 0 radical (unpaired) electrons. The minimum absolute atomic E-state index is 0.259. The van der Waals surface area contributed by atoms with Crippen molar-refractivity contribution in [2.75, 3.05) is 13.1 Å². The number of carbonyl (C=O) groups is 1. The lowest BCUT2D eigenvalue weighted by atomic mass is 9.86. The van der Waals surface area contributed by atoms with Gasteiger partial charge in [0, 0.05) is 18.8 Å². The topological polar surface area (TPSA) is 33.2 Å². The molecule has 1 fully saturated rings. The maximum atomic E-state index is 12.8. The first-order valence-corrected chi connectivity index (χ1v) is 7.82. The van der Waals surface area contributed by atoms with Gasteiger partial charge in [0.1, 0.15) is 0 Å². The van der Waals surface area contributed by atoms with Crippen LogP contribution >= 0.6 is 11.6 Å². The number of halogens is 1. The normalized spacial score (nSPS) is 19.6. The standard InChI is InChI=1S/C16H23ClN2O/c1-3-16(2,19-9-5-4-6-10-19)15(20)11-13-7-8-18-12-14(13)17/h7-8,12H,3-6,9-11H2,1-2H3. The highest BCUT2D eigenvalue weighted by molar-refractivity contribution is 6.31. The van der Waals surface area contributed by atoms with Gasteiger partial charge in [-0.15, -0.1) is 0 Å². The lowest BCUT2D eigenvalue weighted by Gasteiger charge is -2.42. The zero-order valence-corrected chi connectivity index (χ0v) is 13.1. The van der Waals surface area contributed by atoms with Crippen molar-refractivity contribution in [3.8, 4) is 0 Å². The summed E-state index contributed by atoms with van der Waals surface area (Å²) in [5.41, 5.74) is 0.510. The van der Waals surface area contributed by atoms with E-state index in [-0.39, 0.29) is 11.3 Å². The molecule has 4 heteroatoms. The highest BCUT2D eigenvalue weighted by atomic mass is 35.5. The maximum absolute atomic E-state index is 12.8. The summed E-state index contributed by atoms with van der Waals surface area (Å²) in [6, 6.07) is 1.84. The zero-order chi connectivity index (χ0) is 14.6. The van der Waals surface area contributed by atoms with Crippen molar-refractivity contribution in [2.45, 2.75) is 51.5 Å². The molecule has 3 nitrogen and oxygen atoms in total. The van der Waals surface area contributed by atoms with E-state index in [1.807, 2.05) is 6.07 Å². The molecular formula is C16H23ClN2O. The van der Waals surface area contributed by atoms with Gasteiger partial charge in [-0.1, -0.05) is 24.9 Å². The molecule has 0 saturated carbocycles. The van der Waals surface area contributed by atoms with Crippen molar-refractivity contribution in [3.63, 3.8) is 0 Å². The molecule has 0 aliphatic carbocycles. The smallest absolute Gasteiger partial charge is 0.157 e. The van der Waals surface area contributed by atoms with Crippen LogP contribution in [0.2, 0.25) is 5.02 Å². The summed E-state index contributed by atoms with van der Waals surface area (Å²) in [5, 5.41) is 0.581. The summed E-state index contributed by atoms with van der Waals surface area (Å²) in [5.74, 6) is 0.259. The summed E-state index contributed by atoms with van der Waals surface area (Å²) < 4.78 is 0. The summed E-state index contributed by atoms with van der Waals surface area (Å²) in [7, 11) is 0. The predicted octanol–water partition coefficient (Wildman–Crippen LogP) is 3.50. The number of rotatable bonds is 5. The second-order valence-electron chi connectivity index (χ2n) is 5.74. The third-order valence-corrected chi connectivity index (χ3v) is 4.89. The Morgan fingerprint density at radius 1 is 1.40 bits per heavy atom. The zero-order valence-electron chi connectivity index (χ0n) is 12.4. The molecule has 110 valence electrons. The lowest BCUT2D eigenvalue weighted by molar-refractivity contribution is -0.130. The van der Waals surface area contributed by atoms with E-state index >= 15 is 0 Å². The molecule has 1 aliphatic heterocycles.